The van der Waals surface area contributed by atoms with Crippen molar-refractivity contribution in [3.05, 3.63) is 40.2 Å². The number of unbranched alkanes of at least 4 members (excludes halogenated alkanes) is 1. The van der Waals surface area contributed by atoms with Gasteiger partial charge in [-0.15, -0.1) is 12.4 Å². The molecule has 2 saturated carbocycles. The first kappa shape index (κ1) is 24.1. The van der Waals surface area contributed by atoms with Crippen LogP contribution in [0.5, 0.6) is 5.75 Å². The monoisotopic (exact) mass is 473 g/mol. The van der Waals surface area contributed by atoms with Gasteiger partial charge in [-0.05, 0) is 77.0 Å². The number of nitrogens with zero attached hydrogens (tertiary/aromatic N) is 2. The molecule has 2 aliphatic carbocycles. The van der Waals surface area contributed by atoms with Crippen molar-refractivity contribution in [2.24, 2.45) is 5.92 Å². The number of aromatic hydroxyl groups is 1. The van der Waals surface area contributed by atoms with Gasteiger partial charge in [0, 0.05) is 29.1 Å². The molecule has 33 heavy (non-hydrogen) atoms. The summed E-state index contributed by atoms with van der Waals surface area (Å²) in [6, 6.07) is 8.18. The van der Waals surface area contributed by atoms with E-state index in [1.54, 1.807) is 10.6 Å². The van der Waals surface area contributed by atoms with Gasteiger partial charge in [-0.25, -0.2) is 0 Å². The van der Waals surface area contributed by atoms with Crippen molar-refractivity contribution in [3.8, 4) is 5.75 Å². The van der Waals surface area contributed by atoms with E-state index >= 15 is 0 Å². The third-order valence-corrected chi connectivity index (χ3v) is 8.06. The average Bonchev–Trinajstić information content (AvgIpc) is 2.72. The molecule has 1 amide bonds. The predicted octanol–water partition coefficient (Wildman–Crippen LogP) is 4.63. The molecule has 0 radical (unpaired) electrons. The largest absolute Gasteiger partial charge is 0.506 e. The van der Waals surface area contributed by atoms with E-state index in [0.29, 0.717) is 28.9 Å². The predicted molar refractivity (Wildman–Crippen MR) is 133 cm³/mol. The minimum absolute atomic E-state index is 0. The first-order valence-corrected chi connectivity index (χ1v) is 12.3. The highest BCUT2D eigenvalue weighted by Gasteiger charge is 2.55. The lowest BCUT2D eigenvalue weighted by Crippen LogP contribution is -2.69. The van der Waals surface area contributed by atoms with Gasteiger partial charge in [0.2, 0.25) is 0 Å². The number of para-hydroxylation sites is 1. The molecule has 1 aromatic carbocycles. The molecule has 2 aliphatic heterocycles. The summed E-state index contributed by atoms with van der Waals surface area (Å²) in [4.78, 5) is 29.6. The summed E-state index contributed by atoms with van der Waals surface area (Å²) in [5.74, 6) is 0.0206. The molecule has 4 aliphatic rings. The molecule has 2 saturated heterocycles. The van der Waals surface area contributed by atoms with Gasteiger partial charge in [-0.1, -0.05) is 25.5 Å². The van der Waals surface area contributed by atoms with Gasteiger partial charge in [0.1, 0.15) is 11.3 Å². The Morgan fingerprint density at radius 1 is 1.18 bits per heavy atom. The van der Waals surface area contributed by atoms with Gasteiger partial charge in [-0.3, -0.25) is 14.5 Å². The van der Waals surface area contributed by atoms with Crippen LogP contribution in [0.25, 0.3) is 10.9 Å². The summed E-state index contributed by atoms with van der Waals surface area (Å²) in [6.45, 7) is 7.24. The smallest absolute Gasteiger partial charge is 0.267 e. The summed E-state index contributed by atoms with van der Waals surface area (Å²) >= 11 is 0. The van der Waals surface area contributed by atoms with E-state index in [0.717, 1.165) is 25.8 Å². The van der Waals surface area contributed by atoms with Crippen LogP contribution < -0.4 is 10.9 Å². The second kappa shape index (κ2) is 8.95. The number of hydrogen-bond donors (Lipinski definition) is 2. The number of carbonyl (C=O) groups is 1. The minimum atomic E-state index is -0.422. The Kier molecular flexibility index (Phi) is 6.53. The van der Waals surface area contributed by atoms with Crippen LogP contribution in [0, 0.1) is 5.92 Å². The zero-order valence-electron chi connectivity index (χ0n) is 19.8. The van der Waals surface area contributed by atoms with E-state index in [-0.39, 0.29) is 35.3 Å². The molecular weight excluding hydrogens is 438 g/mol. The summed E-state index contributed by atoms with van der Waals surface area (Å²) in [5, 5.41) is 14.8. The van der Waals surface area contributed by atoms with Crippen LogP contribution in [-0.4, -0.2) is 44.6 Å². The topological polar surface area (TPSA) is 74.6 Å². The molecule has 180 valence electrons. The van der Waals surface area contributed by atoms with Crippen LogP contribution in [0.3, 0.4) is 0 Å². The fourth-order valence-electron chi connectivity index (χ4n) is 6.94. The van der Waals surface area contributed by atoms with Gasteiger partial charge < -0.3 is 15.0 Å². The number of rotatable bonds is 6. The molecule has 2 unspecified atom stereocenters. The number of benzene rings is 1. The lowest BCUT2D eigenvalue weighted by atomic mass is 9.59. The maximum Gasteiger partial charge on any atom is 0.267 e. The highest BCUT2D eigenvalue weighted by atomic mass is 35.5. The molecule has 6 rings (SSSR count). The number of fused-ring (bicyclic) bond motifs is 1. The summed E-state index contributed by atoms with van der Waals surface area (Å²) in [7, 11) is 0. The van der Waals surface area contributed by atoms with Crippen molar-refractivity contribution in [1.82, 2.24) is 14.8 Å². The van der Waals surface area contributed by atoms with Crippen LogP contribution in [-0.2, 0) is 0 Å². The average molecular weight is 474 g/mol. The molecule has 2 aromatic rings. The molecule has 7 heteroatoms. The Morgan fingerprint density at radius 2 is 1.85 bits per heavy atom. The maximum absolute atomic E-state index is 13.5. The fourth-order valence-corrected chi connectivity index (χ4v) is 6.94. The van der Waals surface area contributed by atoms with Gasteiger partial charge in [0.15, 0.2) is 0 Å². The van der Waals surface area contributed by atoms with Crippen molar-refractivity contribution in [2.45, 2.75) is 89.4 Å². The molecule has 3 heterocycles. The second-order valence-corrected chi connectivity index (χ2v) is 10.6. The van der Waals surface area contributed by atoms with Crippen molar-refractivity contribution in [1.29, 1.82) is 0 Å². The Morgan fingerprint density at radius 3 is 2.48 bits per heavy atom. The Bertz CT molecular complexity index is 1100. The second-order valence-electron chi connectivity index (χ2n) is 10.6. The number of aromatic nitrogens is 1. The van der Waals surface area contributed by atoms with E-state index in [2.05, 4.69) is 17.1 Å². The highest BCUT2D eigenvalue weighted by molar-refractivity contribution is 6.02. The van der Waals surface area contributed by atoms with Crippen molar-refractivity contribution >= 4 is 29.2 Å². The lowest BCUT2D eigenvalue weighted by Gasteiger charge is -2.61. The number of piperidine rings is 2. The van der Waals surface area contributed by atoms with E-state index in [4.69, 9.17) is 0 Å². The number of pyridine rings is 1. The van der Waals surface area contributed by atoms with Crippen molar-refractivity contribution in [2.75, 3.05) is 6.54 Å². The zero-order valence-corrected chi connectivity index (χ0v) is 20.7. The van der Waals surface area contributed by atoms with E-state index in [1.807, 2.05) is 32.0 Å². The molecule has 0 spiro atoms. The Balaban J connectivity index is 0.00000259. The quantitative estimate of drug-likeness (QED) is 0.641. The standard InChI is InChI=1S/C26H35N3O3.ClH/c1-4-5-10-28-18-11-17-12-19(28)15-26(13-17,14-18)27-24(31)22-23(30)20-8-6-7-9-21(20)29(16(2)3)25(22)32;/h6-9,16-19,30H,4-5,10-15H2,1-3H3,(H,27,31);1H. The van der Waals surface area contributed by atoms with Crippen LogP contribution >= 0.6 is 12.4 Å². The fraction of sp³-hybridized carbons (Fsp3) is 0.615. The SMILES string of the molecule is CCCCN1C2CC3CC1CC(NC(=O)c1c(O)c4ccccc4n(C(C)C)c1=O)(C3)C2.Cl. The van der Waals surface area contributed by atoms with Gasteiger partial charge in [-0.2, -0.15) is 0 Å². The number of halogens is 1. The van der Waals surface area contributed by atoms with Crippen LogP contribution in [0.1, 0.15) is 82.1 Å². The van der Waals surface area contributed by atoms with Crippen molar-refractivity contribution < 1.29 is 9.90 Å². The van der Waals surface area contributed by atoms with Crippen molar-refractivity contribution in [3.63, 3.8) is 0 Å². The summed E-state index contributed by atoms with van der Waals surface area (Å²) < 4.78 is 1.62. The molecule has 4 fully saturated rings. The number of amides is 1. The molecule has 2 atom stereocenters. The van der Waals surface area contributed by atoms with E-state index in [9.17, 15) is 14.7 Å². The molecular formula is C26H36ClN3O3. The Labute approximate surface area is 201 Å². The van der Waals surface area contributed by atoms with Gasteiger partial charge in [0.25, 0.3) is 11.5 Å². The van der Waals surface area contributed by atoms with Gasteiger partial charge >= 0.3 is 0 Å². The number of nitrogens with one attached hydrogen (secondary N) is 1. The Hall–Kier alpha value is -2.05. The van der Waals surface area contributed by atoms with E-state index < -0.39 is 11.5 Å². The highest BCUT2D eigenvalue weighted by Crippen LogP contribution is 2.51. The third kappa shape index (κ3) is 3.95. The maximum atomic E-state index is 13.5. The van der Waals surface area contributed by atoms with Gasteiger partial charge in [0.05, 0.1) is 5.52 Å². The van der Waals surface area contributed by atoms with Crippen LogP contribution in [0.2, 0.25) is 0 Å². The normalized spacial score (nSPS) is 28.3. The zero-order chi connectivity index (χ0) is 22.6. The molecule has 2 N–H and O–H groups in total. The molecule has 4 bridgehead atoms. The minimum Gasteiger partial charge on any atom is -0.506 e. The first-order valence-electron chi connectivity index (χ1n) is 12.3. The number of hydrogen-bond acceptors (Lipinski definition) is 4. The first-order chi connectivity index (χ1) is 15.3. The molecule has 6 nitrogen and oxygen atoms in total. The summed E-state index contributed by atoms with van der Waals surface area (Å²) in [5.41, 5.74) is -0.134. The van der Waals surface area contributed by atoms with E-state index in [1.165, 1.54) is 25.7 Å². The van der Waals surface area contributed by atoms with Crippen LogP contribution in [0.4, 0.5) is 0 Å². The van der Waals surface area contributed by atoms with Crippen LogP contribution in [0.15, 0.2) is 29.1 Å². The summed E-state index contributed by atoms with van der Waals surface area (Å²) in [6.07, 6.45) is 7.74. The lowest BCUT2D eigenvalue weighted by molar-refractivity contribution is -0.0800. The third-order valence-electron chi connectivity index (χ3n) is 8.06. The molecule has 1 aromatic heterocycles. The number of carbonyl (C=O) groups excluding carboxylic acids is 1.